The molecule has 1 saturated heterocycles. The highest BCUT2D eigenvalue weighted by molar-refractivity contribution is 5.78. The second-order valence-corrected chi connectivity index (χ2v) is 4.89. The third-order valence-electron chi connectivity index (χ3n) is 3.07. The van der Waals surface area contributed by atoms with Gasteiger partial charge in [-0.25, -0.2) is 0 Å². The van der Waals surface area contributed by atoms with Crippen LogP contribution >= 0.6 is 0 Å². The molecule has 1 aromatic rings. The van der Waals surface area contributed by atoms with E-state index in [1.165, 1.54) is 12.1 Å². The number of hydrogen-bond donors (Lipinski definition) is 1. The number of amides is 1. The summed E-state index contributed by atoms with van der Waals surface area (Å²) < 4.78 is 42.7. The van der Waals surface area contributed by atoms with E-state index in [9.17, 15) is 18.0 Å². The van der Waals surface area contributed by atoms with Crippen molar-refractivity contribution in [3.05, 3.63) is 35.4 Å². The molecule has 19 heavy (non-hydrogen) atoms. The number of nitrogens with one attached hydrogen (secondary N) is 1. The molecule has 1 aliphatic rings. The number of carbonyl (C=O) groups is 1. The van der Waals surface area contributed by atoms with Crippen molar-refractivity contribution in [3.63, 3.8) is 0 Å². The monoisotopic (exact) mass is 273 g/mol. The van der Waals surface area contributed by atoms with Crippen molar-refractivity contribution in [2.24, 2.45) is 0 Å². The Labute approximate surface area is 108 Å². The maximum absolute atomic E-state index is 12.4. The molecule has 1 amide bonds. The molecule has 1 aliphatic heterocycles. The fourth-order valence-corrected chi connectivity index (χ4v) is 1.98. The van der Waals surface area contributed by atoms with Crippen LogP contribution in [0.1, 0.15) is 18.1 Å². The SMILES string of the molecule is CC1(Cc2ccc(C(F)(F)F)cc2)CNC(=O)CO1. The first-order valence-electron chi connectivity index (χ1n) is 5.85. The molecule has 0 aromatic heterocycles. The number of hydrogen-bond acceptors (Lipinski definition) is 2. The molecule has 1 atom stereocenters. The van der Waals surface area contributed by atoms with Crippen LogP contribution in [-0.2, 0) is 22.1 Å². The molecule has 0 spiro atoms. The molecule has 1 N–H and O–H groups in total. The quantitative estimate of drug-likeness (QED) is 0.896. The smallest absolute Gasteiger partial charge is 0.363 e. The molecule has 1 heterocycles. The van der Waals surface area contributed by atoms with Crippen LogP contribution in [0.5, 0.6) is 0 Å². The van der Waals surface area contributed by atoms with Gasteiger partial charge in [-0.3, -0.25) is 4.79 Å². The maximum atomic E-state index is 12.4. The maximum Gasteiger partial charge on any atom is 0.416 e. The molecule has 2 rings (SSSR count). The zero-order valence-electron chi connectivity index (χ0n) is 10.4. The van der Waals surface area contributed by atoms with Gasteiger partial charge >= 0.3 is 6.18 Å². The van der Waals surface area contributed by atoms with Crippen molar-refractivity contribution in [3.8, 4) is 0 Å². The molecule has 1 fully saturated rings. The van der Waals surface area contributed by atoms with Crippen LogP contribution in [-0.4, -0.2) is 24.7 Å². The fraction of sp³-hybridized carbons (Fsp3) is 0.462. The van der Waals surface area contributed by atoms with Gasteiger partial charge in [0.25, 0.3) is 0 Å². The first-order chi connectivity index (χ1) is 8.78. The lowest BCUT2D eigenvalue weighted by Gasteiger charge is -2.34. The van der Waals surface area contributed by atoms with Gasteiger partial charge in [-0.15, -0.1) is 0 Å². The summed E-state index contributed by atoms with van der Waals surface area (Å²) in [6.45, 7) is 2.16. The van der Waals surface area contributed by atoms with Gasteiger partial charge < -0.3 is 10.1 Å². The normalized spacial score (nSPS) is 24.1. The second kappa shape index (κ2) is 4.85. The summed E-state index contributed by atoms with van der Waals surface area (Å²) in [4.78, 5) is 11.0. The van der Waals surface area contributed by atoms with Crippen molar-refractivity contribution in [1.29, 1.82) is 0 Å². The Hall–Kier alpha value is -1.56. The third-order valence-corrected chi connectivity index (χ3v) is 3.07. The zero-order chi connectivity index (χ0) is 14.1. The van der Waals surface area contributed by atoms with Gasteiger partial charge in [0, 0.05) is 13.0 Å². The molecular weight excluding hydrogens is 259 g/mol. The van der Waals surface area contributed by atoms with Gasteiger partial charge in [-0.1, -0.05) is 12.1 Å². The van der Waals surface area contributed by atoms with E-state index in [4.69, 9.17) is 4.74 Å². The second-order valence-electron chi connectivity index (χ2n) is 4.89. The summed E-state index contributed by atoms with van der Waals surface area (Å²) in [6, 6.07) is 4.99. The molecule has 0 aliphatic carbocycles. The Morgan fingerprint density at radius 2 is 1.95 bits per heavy atom. The van der Waals surface area contributed by atoms with E-state index in [-0.39, 0.29) is 12.5 Å². The predicted octanol–water partition coefficient (Wildman–Crippen LogP) is 2.15. The summed E-state index contributed by atoms with van der Waals surface area (Å²) in [5, 5.41) is 2.68. The lowest BCUT2D eigenvalue weighted by atomic mass is 9.94. The number of alkyl halides is 3. The number of rotatable bonds is 2. The van der Waals surface area contributed by atoms with Crippen molar-refractivity contribution < 1.29 is 22.7 Å². The van der Waals surface area contributed by atoms with Gasteiger partial charge in [0.2, 0.25) is 5.91 Å². The minimum atomic E-state index is -4.32. The molecular formula is C13H14F3NO2. The Kier molecular flexibility index (Phi) is 3.54. The molecule has 0 bridgehead atoms. The number of morpholine rings is 1. The largest absolute Gasteiger partial charge is 0.416 e. The Morgan fingerprint density at radius 1 is 1.32 bits per heavy atom. The number of benzene rings is 1. The molecule has 0 radical (unpaired) electrons. The average molecular weight is 273 g/mol. The van der Waals surface area contributed by atoms with Crippen LogP contribution in [0, 0.1) is 0 Å². The van der Waals surface area contributed by atoms with Crippen molar-refractivity contribution in [2.45, 2.75) is 25.1 Å². The third kappa shape index (κ3) is 3.47. The van der Waals surface area contributed by atoms with Crippen LogP contribution < -0.4 is 5.32 Å². The summed E-state index contributed by atoms with van der Waals surface area (Å²) in [7, 11) is 0. The van der Waals surface area contributed by atoms with Gasteiger partial charge in [-0.05, 0) is 24.6 Å². The number of ether oxygens (including phenoxy) is 1. The minimum absolute atomic E-state index is 0.0167. The van der Waals surface area contributed by atoms with Crippen LogP contribution in [0.25, 0.3) is 0 Å². The average Bonchev–Trinajstić information content (AvgIpc) is 2.33. The van der Waals surface area contributed by atoms with E-state index in [1.807, 2.05) is 6.92 Å². The summed E-state index contributed by atoms with van der Waals surface area (Å²) >= 11 is 0. The topological polar surface area (TPSA) is 38.3 Å². The molecule has 1 unspecified atom stereocenters. The summed E-state index contributed by atoms with van der Waals surface area (Å²) in [5.74, 6) is -0.176. The van der Waals surface area contributed by atoms with E-state index in [0.717, 1.165) is 17.7 Å². The van der Waals surface area contributed by atoms with E-state index in [0.29, 0.717) is 13.0 Å². The number of carbonyl (C=O) groups excluding carboxylic acids is 1. The van der Waals surface area contributed by atoms with E-state index in [1.54, 1.807) is 0 Å². The highest BCUT2D eigenvalue weighted by atomic mass is 19.4. The highest BCUT2D eigenvalue weighted by Crippen LogP contribution is 2.29. The fourth-order valence-electron chi connectivity index (χ4n) is 1.98. The van der Waals surface area contributed by atoms with Crippen molar-refractivity contribution in [2.75, 3.05) is 13.2 Å². The lowest BCUT2D eigenvalue weighted by molar-refractivity contribution is -0.141. The lowest BCUT2D eigenvalue weighted by Crippen LogP contribution is -2.51. The predicted molar refractivity (Wildman–Crippen MR) is 62.5 cm³/mol. The summed E-state index contributed by atoms with van der Waals surface area (Å²) in [5.41, 5.74) is -0.501. The first-order valence-corrected chi connectivity index (χ1v) is 5.85. The van der Waals surface area contributed by atoms with Crippen molar-refractivity contribution >= 4 is 5.91 Å². The Morgan fingerprint density at radius 3 is 2.42 bits per heavy atom. The standard InChI is InChI=1S/C13H14F3NO2/c1-12(8-17-11(18)7-19-12)6-9-2-4-10(5-3-9)13(14,15)16/h2-5H,6-8H2,1H3,(H,17,18). The van der Waals surface area contributed by atoms with Gasteiger partial charge in [0.05, 0.1) is 11.2 Å². The molecule has 6 heteroatoms. The van der Waals surface area contributed by atoms with E-state index in [2.05, 4.69) is 5.32 Å². The molecule has 104 valence electrons. The molecule has 1 aromatic carbocycles. The Balaban J connectivity index is 2.05. The van der Waals surface area contributed by atoms with Crippen LogP contribution in [0.2, 0.25) is 0 Å². The van der Waals surface area contributed by atoms with Gasteiger partial charge in [0.15, 0.2) is 0 Å². The van der Waals surface area contributed by atoms with E-state index < -0.39 is 17.3 Å². The highest BCUT2D eigenvalue weighted by Gasteiger charge is 2.32. The minimum Gasteiger partial charge on any atom is -0.363 e. The van der Waals surface area contributed by atoms with Gasteiger partial charge in [-0.2, -0.15) is 13.2 Å². The van der Waals surface area contributed by atoms with Crippen molar-refractivity contribution in [1.82, 2.24) is 5.32 Å². The van der Waals surface area contributed by atoms with Crippen LogP contribution in [0.4, 0.5) is 13.2 Å². The molecule has 3 nitrogen and oxygen atoms in total. The number of halogens is 3. The van der Waals surface area contributed by atoms with Crippen LogP contribution in [0.3, 0.4) is 0 Å². The van der Waals surface area contributed by atoms with Gasteiger partial charge in [0.1, 0.15) is 6.61 Å². The first kappa shape index (κ1) is 13.9. The summed E-state index contributed by atoms with van der Waals surface area (Å²) in [6.07, 6.45) is -3.87. The zero-order valence-corrected chi connectivity index (χ0v) is 10.4. The Bertz CT molecular complexity index is 458. The van der Waals surface area contributed by atoms with E-state index >= 15 is 0 Å². The molecule has 0 saturated carbocycles. The van der Waals surface area contributed by atoms with Crippen LogP contribution in [0.15, 0.2) is 24.3 Å².